The average Bonchev–Trinajstić information content (AvgIpc) is 2.88. The Morgan fingerprint density at radius 2 is 1.90 bits per heavy atom. The van der Waals surface area contributed by atoms with Crippen molar-refractivity contribution in [2.75, 3.05) is 7.15 Å². The van der Waals surface area contributed by atoms with E-state index < -0.39 is 7.15 Å². The van der Waals surface area contributed by atoms with E-state index in [0.29, 0.717) is 0 Å². The minimum atomic E-state index is -1.00. The molecule has 0 spiro atoms. The Labute approximate surface area is 135 Å². The van der Waals surface area contributed by atoms with Crippen LogP contribution in [0.3, 0.4) is 0 Å². The van der Waals surface area contributed by atoms with Crippen LogP contribution in [-0.2, 0) is 14.1 Å². The van der Waals surface area contributed by atoms with Gasteiger partial charge in [0.05, 0.1) is 24.4 Å². The van der Waals surface area contributed by atoms with Crippen molar-refractivity contribution >= 4 is 36.4 Å². The SMILES string of the molecule is Cc1ccn(C)n1.Cc1nn(C)cc1Br.[2H]CF.[B]=NS. The maximum atomic E-state index is 9.96. The molecule has 2 heterocycles. The summed E-state index contributed by atoms with van der Waals surface area (Å²) in [7, 11) is 7.15. The van der Waals surface area contributed by atoms with Crippen LogP contribution in [-0.4, -0.2) is 34.4 Å². The number of halogens is 2. The van der Waals surface area contributed by atoms with Gasteiger partial charge >= 0.3 is 24.8 Å². The Morgan fingerprint density at radius 1 is 1.40 bits per heavy atom. The zero-order valence-corrected chi connectivity index (χ0v) is 14.4. The fourth-order valence-corrected chi connectivity index (χ4v) is 1.48. The van der Waals surface area contributed by atoms with Crippen molar-refractivity contribution in [3.63, 3.8) is 0 Å². The van der Waals surface area contributed by atoms with Crippen molar-refractivity contribution in [2.24, 2.45) is 18.4 Å². The average molecular weight is 364 g/mol. The molecule has 0 aromatic carbocycles. The number of thiol groups is 1. The van der Waals surface area contributed by atoms with E-state index in [1.54, 1.807) is 9.36 Å². The molecule has 0 bridgehead atoms. The summed E-state index contributed by atoms with van der Waals surface area (Å²) in [5.41, 5.74) is 2.11. The van der Waals surface area contributed by atoms with Gasteiger partial charge in [0.1, 0.15) is 0 Å². The van der Waals surface area contributed by atoms with E-state index in [-0.39, 0.29) is 0 Å². The Kier molecular flexibility index (Phi) is 12.4. The van der Waals surface area contributed by atoms with Crippen LogP contribution < -0.4 is 0 Å². The fourth-order valence-electron chi connectivity index (χ4n) is 1.10. The van der Waals surface area contributed by atoms with E-state index in [1.807, 2.05) is 46.4 Å². The number of nitrogens with zero attached hydrogens (tertiary/aromatic N) is 5. The molecule has 0 saturated heterocycles. The standard InChI is InChI=1S/C5H7BrN2.C5H8N2.CH3F.BHNS/c1-4-5(6)3-8(2)7-4;1-5-3-4-7(2)6-5;1-2;1-2-3/h3H,1-2H3;3-4H,1-2H3;1H3;3H/i;;1D;. The summed E-state index contributed by atoms with van der Waals surface area (Å²) in [6.45, 7) is 3.93. The van der Waals surface area contributed by atoms with E-state index in [1.165, 1.54) is 0 Å². The molecule has 0 fully saturated rings. The van der Waals surface area contributed by atoms with Gasteiger partial charge in [0.15, 0.2) is 0 Å². The zero-order chi connectivity index (χ0) is 16.8. The molecule has 0 N–H and O–H groups in total. The second-order valence-electron chi connectivity index (χ2n) is 3.48. The van der Waals surface area contributed by atoms with E-state index in [9.17, 15) is 4.39 Å². The van der Waals surface area contributed by atoms with Crippen LogP contribution in [0.25, 0.3) is 0 Å². The molecule has 9 heteroatoms. The Hall–Kier alpha value is -0.955. The van der Waals surface area contributed by atoms with Crippen LogP contribution in [0, 0.1) is 13.8 Å². The Balaban J connectivity index is 0. The molecule has 2 aromatic heterocycles. The number of aromatic nitrogens is 4. The number of rotatable bonds is 0. The Morgan fingerprint density at radius 3 is 2.00 bits per heavy atom. The molecule has 0 aliphatic heterocycles. The van der Waals surface area contributed by atoms with Crippen molar-refractivity contribution in [2.45, 2.75) is 13.8 Å². The molecule has 1 radical (unpaired) electrons. The van der Waals surface area contributed by atoms with Gasteiger partial charge in [-0.1, -0.05) is 0 Å². The molecule has 0 aliphatic rings. The molecule has 5 nitrogen and oxygen atoms in total. The van der Waals surface area contributed by atoms with Gasteiger partial charge in [0.25, 0.3) is 0 Å². The van der Waals surface area contributed by atoms with E-state index in [2.05, 4.69) is 50.9 Å². The number of aryl methyl sites for hydroxylation is 4. The van der Waals surface area contributed by atoms with E-state index in [4.69, 9.17) is 1.37 Å². The summed E-state index contributed by atoms with van der Waals surface area (Å²) < 4.78 is 22.8. The second kappa shape index (κ2) is 13.0. The first-order valence-electron chi connectivity index (χ1n) is 6.04. The summed E-state index contributed by atoms with van der Waals surface area (Å²) in [6.07, 6.45) is 3.85. The van der Waals surface area contributed by atoms with Crippen LogP contribution in [0.1, 0.15) is 12.8 Å². The molecular weight excluding hydrogens is 344 g/mol. The third-order valence-electron chi connectivity index (χ3n) is 1.80. The molecular formula is C11H19BBrFN5S. The second-order valence-corrected chi connectivity index (χ2v) is 4.57. The molecule has 0 unspecified atom stereocenters. The van der Waals surface area contributed by atoms with Crippen molar-refractivity contribution in [1.82, 2.24) is 19.6 Å². The molecule has 0 amide bonds. The predicted octanol–water partition coefficient (Wildman–Crippen LogP) is 2.99. The van der Waals surface area contributed by atoms with Gasteiger partial charge in [0.2, 0.25) is 0 Å². The molecule has 0 atom stereocenters. The van der Waals surface area contributed by atoms with Gasteiger partial charge in [-0.25, -0.2) is 0 Å². The number of alkyl halides is 1. The first-order valence-corrected chi connectivity index (χ1v) is 6.53. The molecule has 0 saturated carbocycles. The molecule has 0 aliphatic carbocycles. The topological polar surface area (TPSA) is 48.0 Å². The third kappa shape index (κ3) is 10.9. The van der Waals surface area contributed by atoms with Crippen LogP contribution in [0.4, 0.5) is 4.39 Å². The number of hydrogen-bond donors (Lipinski definition) is 1. The van der Waals surface area contributed by atoms with Crippen molar-refractivity contribution < 1.29 is 5.76 Å². The summed E-state index contributed by atoms with van der Waals surface area (Å²) in [6, 6.07) is 1.97. The third-order valence-corrected chi connectivity index (χ3v) is 2.58. The van der Waals surface area contributed by atoms with Crippen LogP contribution in [0.15, 0.2) is 27.2 Å². The predicted molar refractivity (Wildman–Crippen MR) is 87.8 cm³/mol. The molecule has 2 rings (SSSR count). The maximum absolute atomic E-state index is 9.96. The first-order chi connectivity index (χ1) is 9.81. The first kappa shape index (κ1) is 19.0. The molecule has 2 aromatic rings. The van der Waals surface area contributed by atoms with E-state index >= 15 is 0 Å². The van der Waals surface area contributed by atoms with Gasteiger partial charge in [-0.2, -0.15) is 10.2 Å². The fraction of sp³-hybridized carbons (Fsp3) is 0.455. The number of hydrogen-bond acceptors (Lipinski definition) is 4. The minimum absolute atomic E-state index is 1.00. The van der Waals surface area contributed by atoms with Crippen molar-refractivity contribution in [3.8, 4) is 0 Å². The normalized spacial score (nSPS) is 8.80. The van der Waals surface area contributed by atoms with Gasteiger partial charge < -0.3 is 0 Å². The monoisotopic (exact) mass is 363 g/mol. The molecule has 20 heavy (non-hydrogen) atoms. The molecule has 111 valence electrons. The zero-order valence-electron chi connectivity index (χ0n) is 13.0. The summed E-state index contributed by atoms with van der Waals surface area (Å²) in [5.74, 6) is 0. The summed E-state index contributed by atoms with van der Waals surface area (Å²) >= 11 is 6.52. The summed E-state index contributed by atoms with van der Waals surface area (Å²) in [5, 5.41) is 8.11. The van der Waals surface area contributed by atoms with Gasteiger partial charge in [0, 0.05) is 26.5 Å². The van der Waals surface area contributed by atoms with Crippen LogP contribution in [0.5, 0.6) is 0 Å². The van der Waals surface area contributed by atoms with Crippen LogP contribution in [0.2, 0.25) is 0 Å². The van der Waals surface area contributed by atoms with Crippen LogP contribution >= 0.6 is 28.7 Å². The summed E-state index contributed by atoms with van der Waals surface area (Å²) in [4.78, 5) is 0. The van der Waals surface area contributed by atoms with Gasteiger partial charge in [-0.05, 0) is 35.8 Å². The van der Waals surface area contributed by atoms with Crippen molar-refractivity contribution in [1.29, 1.82) is 0 Å². The van der Waals surface area contributed by atoms with E-state index in [0.717, 1.165) is 15.9 Å². The van der Waals surface area contributed by atoms with Gasteiger partial charge in [-0.15, -0.1) is 0 Å². The van der Waals surface area contributed by atoms with Crippen molar-refractivity contribution in [3.05, 3.63) is 34.3 Å². The van der Waals surface area contributed by atoms with Gasteiger partial charge in [-0.3, -0.25) is 13.8 Å². The quantitative estimate of drug-likeness (QED) is 0.577. The Bertz CT molecular complexity index is 473.